The van der Waals surface area contributed by atoms with Gasteiger partial charge in [-0.05, 0) is 29.3 Å². The van der Waals surface area contributed by atoms with Crippen LogP contribution in [0.5, 0.6) is 0 Å². The van der Waals surface area contributed by atoms with E-state index in [1.54, 1.807) is 18.2 Å². The first-order valence-corrected chi connectivity index (χ1v) is 7.36. The first-order chi connectivity index (χ1) is 10.6. The molecule has 0 aliphatic carbocycles. The van der Waals surface area contributed by atoms with E-state index in [0.717, 1.165) is 16.7 Å². The highest BCUT2D eigenvalue weighted by molar-refractivity contribution is 6.33. The second kappa shape index (κ2) is 6.24. The van der Waals surface area contributed by atoms with Gasteiger partial charge in [-0.1, -0.05) is 47.5 Å². The number of nitrogens with one attached hydrogen (secondary N) is 3. The van der Waals surface area contributed by atoms with Crippen LogP contribution in [0.3, 0.4) is 0 Å². The van der Waals surface area contributed by atoms with Crippen molar-refractivity contribution >= 4 is 29.2 Å². The molecule has 114 valence electrons. The van der Waals surface area contributed by atoms with E-state index < -0.39 is 18.1 Å². The van der Waals surface area contributed by atoms with Crippen molar-refractivity contribution in [1.29, 1.82) is 0 Å². The van der Waals surface area contributed by atoms with Crippen LogP contribution in [0.4, 0.5) is 0 Å². The second-order valence-electron chi connectivity index (χ2n) is 4.95. The van der Waals surface area contributed by atoms with Gasteiger partial charge in [0.2, 0.25) is 0 Å². The van der Waals surface area contributed by atoms with E-state index in [9.17, 15) is 9.90 Å². The van der Waals surface area contributed by atoms with Crippen LogP contribution in [0.1, 0.15) is 11.6 Å². The van der Waals surface area contributed by atoms with Crippen molar-refractivity contribution < 1.29 is 9.90 Å². The topological polar surface area (TPSA) is 73.4 Å². The number of carboxylic acids is 1. The number of rotatable bonds is 3. The smallest absolute Gasteiger partial charge is 0.324 e. The number of benzene rings is 2. The molecule has 2 aromatic rings. The Balaban J connectivity index is 1.92. The monoisotopic (exact) mass is 337 g/mol. The third-order valence-corrected chi connectivity index (χ3v) is 4.13. The summed E-state index contributed by atoms with van der Waals surface area (Å²) in [6.07, 6.45) is 0. The normalized spacial score (nSPS) is 21.0. The van der Waals surface area contributed by atoms with Crippen LogP contribution in [0.25, 0.3) is 11.1 Å². The van der Waals surface area contributed by atoms with Gasteiger partial charge < -0.3 is 5.11 Å². The van der Waals surface area contributed by atoms with Gasteiger partial charge in [0.1, 0.15) is 6.04 Å². The molecule has 0 bridgehead atoms. The average Bonchev–Trinajstić information content (AvgIpc) is 2.98. The summed E-state index contributed by atoms with van der Waals surface area (Å²) in [4.78, 5) is 11.2. The minimum Gasteiger partial charge on any atom is -0.480 e. The molecule has 1 aliphatic heterocycles. The van der Waals surface area contributed by atoms with Gasteiger partial charge >= 0.3 is 5.97 Å². The average molecular weight is 338 g/mol. The third-order valence-electron chi connectivity index (χ3n) is 3.56. The maximum Gasteiger partial charge on any atom is 0.324 e. The predicted molar refractivity (Wildman–Crippen MR) is 85.5 cm³/mol. The molecule has 1 heterocycles. The maximum atomic E-state index is 11.2. The molecule has 0 radical (unpaired) electrons. The number of carboxylic acid groups (broad SMARTS) is 1. The van der Waals surface area contributed by atoms with Gasteiger partial charge in [0.15, 0.2) is 0 Å². The minimum atomic E-state index is -0.944. The van der Waals surface area contributed by atoms with E-state index >= 15 is 0 Å². The van der Waals surface area contributed by atoms with Crippen molar-refractivity contribution in [2.75, 3.05) is 0 Å². The molecule has 0 amide bonds. The fourth-order valence-electron chi connectivity index (χ4n) is 2.43. The lowest BCUT2D eigenvalue weighted by Crippen LogP contribution is -2.38. The lowest BCUT2D eigenvalue weighted by atomic mass is 9.97. The van der Waals surface area contributed by atoms with Crippen LogP contribution in [0.15, 0.2) is 42.5 Å². The summed E-state index contributed by atoms with van der Waals surface area (Å²) in [5.74, 6) is -0.944. The fraction of sp³-hybridized carbons (Fsp3) is 0.133. The number of hydrogen-bond acceptors (Lipinski definition) is 4. The maximum absolute atomic E-state index is 11.2. The Morgan fingerprint density at radius 3 is 2.41 bits per heavy atom. The molecular formula is C15H13Cl2N3O2. The van der Waals surface area contributed by atoms with E-state index in [1.807, 2.05) is 24.3 Å². The molecule has 4 N–H and O–H groups in total. The number of carbonyl (C=O) groups is 1. The Hall–Kier alpha value is -1.63. The van der Waals surface area contributed by atoms with Crippen LogP contribution in [0.2, 0.25) is 10.0 Å². The first-order valence-electron chi connectivity index (χ1n) is 6.60. The van der Waals surface area contributed by atoms with Gasteiger partial charge in [0.05, 0.1) is 6.04 Å². The van der Waals surface area contributed by atoms with Crippen molar-refractivity contribution in [2.24, 2.45) is 0 Å². The van der Waals surface area contributed by atoms with E-state index in [2.05, 4.69) is 16.4 Å². The van der Waals surface area contributed by atoms with Crippen LogP contribution in [-0.4, -0.2) is 17.1 Å². The lowest BCUT2D eigenvalue weighted by molar-refractivity contribution is -0.139. The van der Waals surface area contributed by atoms with Gasteiger partial charge in [-0.15, -0.1) is 0 Å². The molecule has 3 rings (SSSR count). The Bertz CT molecular complexity index is 706. The molecule has 0 saturated carbocycles. The first kappa shape index (κ1) is 15.3. The number of aliphatic carboxylic acids is 1. The highest BCUT2D eigenvalue weighted by Crippen LogP contribution is 2.32. The zero-order valence-corrected chi connectivity index (χ0v) is 12.8. The van der Waals surface area contributed by atoms with Crippen molar-refractivity contribution in [3.05, 3.63) is 58.1 Å². The van der Waals surface area contributed by atoms with Gasteiger partial charge in [0.25, 0.3) is 0 Å². The summed E-state index contributed by atoms with van der Waals surface area (Å²) < 4.78 is 0. The molecule has 2 unspecified atom stereocenters. The zero-order valence-electron chi connectivity index (χ0n) is 11.3. The van der Waals surface area contributed by atoms with Crippen LogP contribution in [0, 0.1) is 0 Å². The highest BCUT2D eigenvalue weighted by Gasteiger charge is 2.33. The van der Waals surface area contributed by atoms with Crippen molar-refractivity contribution in [3.63, 3.8) is 0 Å². The molecule has 2 aromatic carbocycles. The van der Waals surface area contributed by atoms with Gasteiger partial charge in [-0.25, -0.2) is 10.9 Å². The molecule has 2 atom stereocenters. The van der Waals surface area contributed by atoms with Gasteiger partial charge in [0, 0.05) is 15.6 Å². The van der Waals surface area contributed by atoms with E-state index in [4.69, 9.17) is 23.2 Å². The zero-order chi connectivity index (χ0) is 15.7. The summed E-state index contributed by atoms with van der Waals surface area (Å²) >= 11 is 12.2. The summed E-state index contributed by atoms with van der Waals surface area (Å²) in [5.41, 5.74) is 10.8. The number of hydrogen-bond donors (Lipinski definition) is 4. The number of hydrazine groups is 2. The van der Waals surface area contributed by atoms with E-state index in [-0.39, 0.29) is 0 Å². The molecule has 1 saturated heterocycles. The quantitative estimate of drug-likeness (QED) is 0.693. The van der Waals surface area contributed by atoms with Crippen molar-refractivity contribution in [3.8, 4) is 11.1 Å². The minimum absolute atomic E-state index is 0.408. The Labute approximate surface area is 137 Å². The van der Waals surface area contributed by atoms with Crippen LogP contribution in [-0.2, 0) is 4.79 Å². The summed E-state index contributed by atoms with van der Waals surface area (Å²) in [7, 11) is 0. The molecule has 22 heavy (non-hydrogen) atoms. The lowest BCUT2D eigenvalue weighted by Gasteiger charge is -2.16. The second-order valence-corrected chi connectivity index (χ2v) is 5.80. The molecule has 0 aromatic heterocycles. The molecule has 5 nitrogen and oxygen atoms in total. The molecule has 7 heteroatoms. The SMILES string of the molecule is O=C(O)C1NNNC1c1ccc(-c2ccc(Cl)cc2)c(Cl)c1. The van der Waals surface area contributed by atoms with E-state index in [1.165, 1.54) is 0 Å². The third kappa shape index (κ3) is 2.95. The molecule has 1 aliphatic rings. The van der Waals surface area contributed by atoms with Crippen LogP contribution >= 0.6 is 23.2 Å². The Morgan fingerprint density at radius 2 is 1.77 bits per heavy atom. The Morgan fingerprint density at radius 1 is 1.05 bits per heavy atom. The van der Waals surface area contributed by atoms with Crippen LogP contribution < -0.4 is 16.4 Å². The number of halogens is 2. The summed E-state index contributed by atoms with van der Waals surface area (Å²) in [6, 6.07) is 11.7. The summed E-state index contributed by atoms with van der Waals surface area (Å²) in [5, 5.41) is 10.4. The standard InChI is InChI=1S/C15H13Cl2N3O2/c16-10-4-1-8(2-5-10)11-6-3-9(7-12(11)17)13-14(15(21)22)19-20-18-13/h1-7,13-14,18-20H,(H,21,22). The Kier molecular flexibility index (Phi) is 4.33. The van der Waals surface area contributed by atoms with Crippen molar-refractivity contribution in [1.82, 2.24) is 16.4 Å². The molecular weight excluding hydrogens is 325 g/mol. The largest absolute Gasteiger partial charge is 0.480 e. The van der Waals surface area contributed by atoms with Crippen molar-refractivity contribution in [2.45, 2.75) is 12.1 Å². The van der Waals surface area contributed by atoms with Gasteiger partial charge in [-0.2, -0.15) is 5.53 Å². The van der Waals surface area contributed by atoms with Gasteiger partial charge in [-0.3, -0.25) is 4.79 Å². The highest BCUT2D eigenvalue weighted by atomic mass is 35.5. The molecule has 0 spiro atoms. The molecule has 1 fully saturated rings. The fourth-order valence-corrected chi connectivity index (χ4v) is 2.86. The van der Waals surface area contributed by atoms with E-state index in [0.29, 0.717) is 10.0 Å². The summed E-state index contributed by atoms with van der Waals surface area (Å²) in [6.45, 7) is 0. The predicted octanol–water partition coefficient (Wildman–Crippen LogP) is 2.77.